The molecule has 0 bridgehead atoms. The highest BCUT2D eigenvalue weighted by Gasteiger charge is 2.21. The third-order valence-corrected chi connectivity index (χ3v) is 3.41. The van der Waals surface area contributed by atoms with Gasteiger partial charge in [0.1, 0.15) is 0 Å². The number of nitrogens with zero attached hydrogens (tertiary/aromatic N) is 2. The topological polar surface area (TPSA) is 63.0 Å². The molecule has 2 N–H and O–H groups in total. The van der Waals surface area contributed by atoms with E-state index in [-0.39, 0.29) is 0 Å². The Morgan fingerprint density at radius 2 is 2.11 bits per heavy atom. The summed E-state index contributed by atoms with van der Waals surface area (Å²) in [6.45, 7) is 7.31. The first kappa shape index (κ1) is 13.3. The van der Waals surface area contributed by atoms with Crippen molar-refractivity contribution in [1.29, 1.82) is 0 Å². The van der Waals surface area contributed by atoms with Crippen LogP contribution in [0.4, 0.5) is 6.01 Å². The molecule has 0 amide bonds. The van der Waals surface area contributed by atoms with E-state index in [2.05, 4.69) is 41.6 Å². The summed E-state index contributed by atoms with van der Waals surface area (Å²) in [6.07, 6.45) is 4.86. The van der Waals surface area contributed by atoms with Gasteiger partial charge in [0.15, 0.2) is 0 Å². The average molecular weight is 252 g/mol. The van der Waals surface area contributed by atoms with E-state index < -0.39 is 0 Å². The lowest BCUT2D eigenvalue weighted by Crippen LogP contribution is -2.18. The van der Waals surface area contributed by atoms with Crippen LogP contribution in [-0.2, 0) is 6.54 Å². The Morgan fingerprint density at radius 1 is 1.33 bits per heavy atom. The molecule has 5 heteroatoms. The first-order valence-corrected chi connectivity index (χ1v) is 6.99. The maximum absolute atomic E-state index is 5.55. The molecule has 1 heterocycles. The first-order valence-electron chi connectivity index (χ1n) is 6.99. The van der Waals surface area contributed by atoms with Crippen LogP contribution >= 0.6 is 0 Å². The van der Waals surface area contributed by atoms with Crippen molar-refractivity contribution in [3.8, 4) is 0 Å². The van der Waals surface area contributed by atoms with E-state index in [0.717, 1.165) is 6.42 Å². The summed E-state index contributed by atoms with van der Waals surface area (Å²) in [5, 5.41) is 14.7. The highest BCUT2D eigenvalue weighted by atomic mass is 16.4. The molecule has 0 aromatic carbocycles. The lowest BCUT2D eigenvalue weighted by Gasteiger charge is -2.15. The lowest BCUT2D eigenvalue weighted by molar-refractivity contribution is 0.452. The molecule has 1 saturated carbocycles. The summed E-state index contributed by atoms with van der Waals surface area (Å²) < 4.78 is 5.55. The SMILES string of the molecule is CCC(C)CC(C)Nc1nnc(CNC2CC2)o1. The normalized spacial score (nSPS) is 18.6. The second-order valence-electron chi connectivity index (χ2n) is 5.45. The summed E-state index contributed by atoms with van der Waals surface area (Å²) in [6, 6.07) is 1.57. The summed E-state index contributed by atoms with van der Waals surface area (Å²) in [7, 11) is 0. The number of hydrogen-bond acceptors (Lipinski definition) is 5. The smallest absolute Gasteiger partial charge is 0.315 e. The van der Waals surface area contributed by atoms with Crippen LogP contribution in [0.25, 0.3) is 0 Å². The zero-order valence-corrected chi connectivity index (χ0v) is 11.6. The van der Waals surface area contributed by atoms with Gasteiger partial charge in [0.25, 0.3) is 0 Å². The molecule has 5 nitrogen and oxygen atoms in total. The van der Waals surface area contributed by atoms with Gasteiger partial charge < -0.3 is 15.1 Å². The molecule has 1 aliphatic rings. The van der Waals surface area contributed by atoms with Crippen LogP contribution in [0, 0.1) is 5.92 Å². The Balaban J connectivity index is 1.74. The van der Waals surface area contributed by atoms with Gasteiger partial charge in [-0.2, -0.15) is 0 Å². The van der Waals surface area contributed by atoms with Crippen molar-refractivity contribution in [2.24, 2.45) is 5.92 Å². The highest BCUT2D eigenvalue weighted by molar-refractivity contribution is 5.18. The molecule has 18 heavy (non-hydrogen) atoms. The maximum atomic E-state index is 5.55. The molecule has 1 aromatic heterocycles. The van der Waals surface area contributed by atoms with E-state index in [1.807, 2.05) is 0 Å². The average Bonchev–Trinajstić information content (AvgIpc) is 3.07. The minimum atomic E-state index is 0.365. The summed E-state index contributed by atoms with van der Waals surface area (Å²) in [5.41, 5.74) is 0. The van der Waals surface area contributed by atoms with Crippen molar-refractivity contribution in [1.82, 2.24) is 15.5 Å². The predicted octanol–water partition coefficient (Wildman–Crippen LogP) is 2.56. The molecule has 1 aliphatic carbocycles. The second-order valence-corrected chi connectivity index (χ2v) is 5.45. The fraction of sp³-hybridized carbons (Fsp3) is 0.846. The molecule has 0 spiro atoms. The Morgan fingerprint density at radius 3 is 2.78 bits per heavy atom. The molecule has 2 atom stereocenters. The molecular formula is C13H24N4O. The summed E-state index contributed by atoms with van der Waals surface area (Å²) >= 11 is 0. The third-order valence-electron chi connectivity index (χ3n) is 3.41. The Labute approximate surface area is 109 Å². The van der Waals surface area contributed by atoms with Crippen molar-refractivity contribution >= 4 is 6.01 Å². The van der Waals surface area contributed by atoms with Crippen LogP contribution in [0.1, 0.15) is 52.3 Å². The van der Waals surface area contributed by atoms with Crippen molar-refractivity contribution < 1.29 is 4.42 Å². The van der Waals surface area contributed by atoms with Gasteiger partial charge in [0, 0.05) is 12.1 Å². The zero-order valence-electron chi connectivity index (χ0n) is 11.6. The van der Waals surface area contributed by atoms with E-state index in [9.17, 15) is 0 Å². The third kappa shape index (κ3) is 4.29. The Bertz CT molecular complexity index is 362. The van der Waals surface area contributed by atoms with Gasteiger partial charge in [-0.05, 0) is 32.1 Å². The van der Waals surface area contributed by atoms with Gasteiger partial charge in [-0.25, -0.2) is 0 Å². The zero-order chi connectivity index (χ0) is 13.0. The van der Waals surface area contributed by atoms with E-state index in [1.165, 1.54) is 19.3 Å². The van der Waals surface area contributed by atoms with Gasteiger partial charge in [0.05, 0.1) is 6.54 Å². The monoisotopic (exact) mass is 252 g/mol. The van der Waals surface area contributed by atoms with Crippen LogP contribution in [0.2, 0.25) is 0 Å². The van der Waals surface area contributed by atoms with Crippen molar-refractivity contribution in [3.63, 3.8) is 0 Å². The highest BCUT2D eigenvalue weighted by Crippen LogP contribution is 2.19. The van der Waals surface area contributed by atoms with E-state index >= 15 is 0 Å². The van der Waals surface area contributed by atoms with E-state index in [0.29, 0.717) is 36.5 Å². The van der Waals surface area contributed by atoms with Crippen LogP contribution in [0.15, 0.2) is 4.42 Å². The minimum Gasteiger partial charge on any atom is -0.407 e. The fourth-order valence-electron chi connectivity index (χ4n) is 1.94. The fourth-order valence-corrected chi connectivity index (χ4v) is 1.94. The number of hydrogen-bond donors (Lipinski definition) is 2. The lowest BCUT2D eigenvalue weighted by atomic mass is 10.0. The minimum absolute atomic E-state index is 0.365. The van der Waals surface area contributed by atoms with Crippen LogP contribution in [0.3, 0.4) is 0 Å². The summed E-state index contributed by atoms with van der Waals surface area (Å²) in [5.74, 6) is 1.38. The second kappa shape index (κ2) is 6.18. The molecule has 2 unspecified atom stereocenters. The molecule has 0 radical (unpaired) electrons. The predicted molar refractivity (Wildman–Crippen MR) is 71.3 cm³/mol. The van der Waals surface area contributed by atoms with Crippen molar-refractivity contribution in [2.75, 3.05) is 5.32 Å². The van der Waals surface area contributed by atoms with Gasteiger partial charge >= 0.3 is 6.01 Å². The van der Waals surface area contributed by atoms with Crippen LogP contribution in [0.5, 0.6) is 0 Å². The summed E-state index contributed by atoms with van der Waals surface area (Å²) in [4.78, 5) is 0. The largest absolute Gasteiger partial charge is 0.407 e. The molecule has 102 valence electrons. The Kier molecular flexibility index (Phi) is 4.58. The number of aromatic nitrogens is 2. The van der Waals surface area contributed by atoms with Gasteiger partial charge in [-0.1, -0.05) is 25.4 Å². The van der Waals surface area contributed by atoms with Crippen molar-refractivity contribution in [3.05, 3.63) is 5.89 Å². The number of anilines is 1. The molecule has 2 rings (SSSR count). The number of rotatable bonds is 8. The van der Waals surface area contributed by atoms with Gasteiger partial charge in [-0.15, -0.1) is 5.10 Å². The van der Waals surface area contributed by atoms with Gasteiger partial charge in [-0.3, -0.25) is 0 Å². The molecular weight excluding hydrogens is 228 g/mol. The first-order chi connectivity index (χ1) is 8.67. The molecule has 1 fully saturated rings. The van der Waals surface area contributed by atoms with Crippen LogP contribution < -0.4 is 10.6 Å². The molecule has 0 aliphatic heterocycles. The van der Waals surface area contributed by atoms with Gasteiger partial charge in [0.2, 0.25) is 5.89 Å². The standard InChI is InChI=1S/C13H24N4O/c1-4-9(2)7-10(3)15-13-17-16-12(18-13)8-14-11-5-6-11/h9-11,14H,4-8H2,1-3H3,(H,15,17). The van der Waals surface area contributed by atoms with E-state index in [4.69, 9.17) is 4.42 Å². The Hall–Kier alpha value is -1.10. The molecule has 0 saturated heterocycles. The van der Waals surface area contributed by atoms with Crippen LogP contribution in [-0.4, -0.2) is 22.3 Å². The molecule has 1 aromatic rings. The van der Waals surface area contributed by atoms with Crippen molar-refractivity contribution in [2.45, 2.75) is 65.1 Å². The van der Waals surface area contributed by atoms with E-state index in [1.54, 1.807) is 0 Å². The maximum Gasteiger partial charge on any atom is 0.315 e. The quantitative estimate of drug-likeness (QED) is 0.744. The number of nitrogens with one attached hydrogen (secondary N) is 2.